The Morgan fingerprint density at radius 1 is 1.22 bits per heavy atom. The Kier molecular flexibility index (Phi) is 4.65. The third kappa shape index (κ3) is 3.46. The van der Waals surface area contributed by atoms with Crippen LogP contribution in [0.1, 0.15) is 11.3 Å². The first-order valence-electron chi connectivity index (χ1n) is 5.37. The van der Waals surface area contributed by atoms with Crippen LogP contribution in [0.25, 0.3) is 0 Å². The Hall–Kier alpha value is -0.580. The first-order chi connectivity index (χ1) is 8.56. The van der Waals surface area contributed by atoms with Crippen LogP contribution in [0.5, 0.6) is 0 Å². The summed E-state index contributed by atoms with van der Waals surface area (Å²) in [5.41, 5.74) is 3.01. The summed E-state index contributed by atoms with van der Waals surface area (Å²) < 4.78 is 1.86. The van der Waals surface area contributed by atoms with E-state index in [-0.39, 0.29) is 0 Å². The number of pyridine rings is 1. The second kappa shape index (κ2) is 6.04. The monoisotopic (exact) mass is 388 g/mol. The highest BCUT2D eigenvalue weighted by Gasteiger charge is 2.03. The molecule has 0 fully saturated rings. The number of rotatable bonds is 3. The van der Waals surface area contributed by atoms with E-state index in [2.05, 4.69) is 42.2 Å². The van der Waals surface area contributed by atoms with E-state index >= 15 is 0 Å². The van der Waals surface area contributed by atoms with Gasteiger partial charge in [-0.15, -0.1) is 0 Å². The van der Waals surface area contributed by atoms with Crippen LogP contribution < -0.4 is 5.32 Å². The normalized spacial score (nSPS) is 10.4. The molecule has 0 amide bonds. The molecule has 5 heteroatoms. The van der Waals surface area contributed by atoms with Crippen molar-refractivity contribution >= 4 is 49.1 Å². The second-order valence-corrected chi connectivity index (χ2v) is 5.99. The van der Waals surface area contributed by atoms with Gasteiger partial charge in [-0.3, -0.25) is 0 Å². The predicted molar refractivity (Wildman–Crippen MR) is 83.2 cm³/mol. The molecule has 1 aromatic carbocycles. The summed E-state index contributed by atoms with van der Waals surface area (Å²) in [6.07, 6.45) is 0. The Labute approximate surface area is 128 Å². The topological polar surface area (TPSA) is 24.9 Å². The fourth-order valence-corrected chi connectivity index (χ4v) is 2.58. The van der Waals surface area contributed by atoms with E-state index in [1.807, 2.05) is 37.3 Å². The molecule has 0 spiro atoms. The standard InChI is InChI=1S/C13H11Br2ClN2/c1-8-12(4-5-13(15)18-8)17-7-9-6-10(14)2-3-11(9)16/h2-6,17H,7H2,1H3. The van der Waals surface area contributed by atoms with Crippen LogP contribution in [0.3, 0.4) is 0 Å². The molecule has 0 aliphatic rings. The number of nitrogens with zero attached hydrogens (tertiary/aromatic N) is 1. The number of nitrogens with one attached hydrogen (secondary N) is 1. The largest absolute Gasteiger partial charge is 0.379 e. The zero-order chi connectivity index (χ0) is 13.1. The average molecular weight is 391 g/mol. The van der Waals surface area contributed by atoms with Crippen LogP contribution in [-0.4, -0.2) is 4.98 Å². The molecule has 2 nitrogen and oxygen atoms in total. The summed E-state index contributed by atoms with van der Waals surface area (Å²) in [6, 6.07) is 9.74. The van der Waals surface area contributed by atoms with Gasteiger partial charge >= 0.3 is 0 Å². The van der Waals surface area contributed by atoms with Crippen molar-refractivity contribution in [1.29, 1.82) is 0 Å². The van der Waals surface area contributed by atoms with Gasteiger partial charge in [-0.25, -0.2) is 4.98 Å². The van der Waals surface area contributed by atoms with Gasteiger partial charge in [-0.1, -0.05) is 27.5 Å². The molecule has 0 bridgehead atoms. The molecule has 0 atom stereocenters. The lowest BCUT2D eigenvalue weighted by molar-refractivity contribution is 1.10. The zero-order valence-electron chi connectivity index (χ0n) is 9.67. The summed E-state index contributed by atoms with van der Waals surface area (Å²) >= 11 is 12.9. The summed E-state index contributed by atoms with van der Waals surface area (Å²) in [6.45, 7) is 2.64. The maximum atomic E-state index is 6.14. The van der Waals surface area contributed by atoms with Gasteiger partial charge in [0.2, 0.25) is 0 Å². The van der Waals surface area contributed by atoms with Crippen molar-refractivity contribution in [2.45, 2.75) is 13.5 Å². The number of hydrogen-bond acceptors (Lipinski definition) is 2. The predicted octanol–water partition coefficient (Wildman–Crippen LogP) is 5.18. The second-order valence-electron chi connectivity index (χ2n) is 3.86. The molecule has 0 saturated heterocycles. The van der Waals surface area contributed by atoms with E-state index < -0.39 is 0 Å². The molecule has 0 unspecified atom stereocenters. The number of aryl methyl sites for hydroxylation is 1. The van der Waals surface area contributed by atoms with E-state index in [0.717, 1.165) is 31.0 Å². The van der Waals surface area contributed by atoms with Crippen LogP contribution in [0.15, 0.2) is 39.4 Å². The molecular formula is C13H11Br2ClN2. The molecular weight excluding hydrogens is 379 g/mol. The van der Waals surface area contributed by atoms with Gasteiger partial charge in [0, 0.05) is 16.0 Å². The van der Waals surface area contributed by atoms with Gasteiger partial charge < -0.3 is 5.32 Å². The van der Waals surface area contributed by atoms with E-state index in [1.165, 1.54) is 0 Å². The Balaban J connectivity index is 2.13. The van der Waals surface area contributed by atoms with Crippen molar-refractivity contribution in [2.24, 2.45) is 0 Å². The van der Waals surface area contributed by atoms with Crippen LogP contribution in [0.4, 0.5) is 5.69 Å². The maximum absolute atomic E-state index is 6.14. The molecule has 0 aliphatic carbocycles. The van der Waals surface area contributed by atoms with Crippen molar-refractivity contribution < 1.29 is 0 Å². The minimum Gasteiger partial charge on any atom is -0.379 e. The Morgan fingerprint density at radius 2 is 2.00 bits per heavy atom. The van der Waals surface area contributed by atoms with Crippen molar-refractivity contribution in [3.63, 3.8) is 0 Å². The Bertz CT molecular complexity index is 573. The van der Waals surface area contributed by atoms with E-state index in [0.29, 0.717) is 6.54 Å². The number of hydrogen-bond donors (Lipinski definition) is 1. The minimum absolute atomic E-state index is 0.669. The molecule has 2 aromatic rings. The molecule has 1 N–H and O–H groups in total. The van der Waals surface area contributed by atoms with Crippen molar-refractivity contribution in [3.8, 4) is 0 Å². The number of benzene rings is 1. The van der Waals surface area contributed by atoms with Crippen molar-refractivity contribution in [2.75, 3.05) is 5.32 Å². The lowest BCUT2D eigenvalue weighted by atomic mass is 10.2. The first kappa shape index (κ1) is 13.8. The average Bonchev–Trinajstić information content (AvgIpc) is 2.32. The molecule has 1 aromatic heterocycles. The van der Waals surface area contributed by atoms with Crippen molar-refractivity contribution in [3.05, 3.63) is 55.7 Å². The molecule has 1 heterocycles. The molecule has 94 valence electrons. The molecule has 0 aliphatic heterocycles. The van der Waals surface area contributed by atoms with Gasteiger partial charge in [0.15, 0.2) is 0 Å². The summed E-state index contributed by atoms with van der Waals surface area (Å²) in [7, 11) is 0. The Morgan fingerprint density at radius 3 is 2.72 bits per heavy atom. The fourth-order valence-electron chi connectivity index (χ4n) is 1.59. The number of aromatic nitrogens is 1. The van der Waals surface area contributed by atoms with Crippen LogP contribution in [-0.2, 0) is 6.54 Å². The highest BCUT2D eigenvalue weighted by atomic mass is 79.9. The summed E-state index contributed by atoms with van der Waals surface area (Å²) in [5, 5.41) is 4.09. The molecule has 18 heavy (non-hydrogen) atoms. The zero-order valence-corrected chi connectivity index (χ0v) is 13.6. The van der Waals surface area contributed by atoms with Crippen molar-refractivity contribution in [1.82, 2.24) is 4.98 Å². The summed E-state index contributed by atoms with van der Waals surface area (Å²) in [5.74, 6) is 0. The highest BCUT2D eigenvalue weighted by Crippen LogP contribution is 2.23. The van der Waals surface area contributed by atoms with Gasteiger partial charge in [0.25, 0.3) is 0 Å². The van der Waals surface area contributed by atoms with Crippen LogP contribution in [0, 0.1) is 6.92 Å². The first-order valence-corrected chi connectivity index (χ1v) is 7.33. The third-order valence-electron chi connectivity index (χ3n) is 2.53. The number of halogens is 3. The van der Waals surface area contributed by atoms with Crippen LogP contribution >= 0.6 is 43.5 Å². The van der Waals surface area contributed by atoms with Crippen LogP contribution in [0.2, 0.25) is 5.02 Å². The fraction of sp³-hybridized carbons (Fsp3) is 0.154. The maximum Gasteiger partial charge on any atom is 0.106 e. The lowest BCUT2D eigenvalue weighted by Crippen LogP contribution is -2.02. The highest BCUT2D eigenvalue weighted by molar-refractivity contribution is 9.10. The number of anilines is 1. The third-order valence-corrected chi connectivity index (χ3v) is 3.83. The summed E-state index contributed by atoms with van der Waals surface area (Å²) in [4.78, 5) is 4.34. The van der Waals surface area contributed by atoms with E-state index in [9.17, 15) is 0 Å². The van der Waals surface area contributed by atoms with Gasteiger partial charge in [0.1, 0.15) is 4.60 Å². The smallest absolute Gasteiger partial charge is 0.106 e. The molecule has 0 saturated carbocycles. The quantitative estimate of drug-likeness (QED) is 0.731. The molecule has 2 rings (SSSR count). The molecule has 0 radical (unpaired) electrons. The van der Waals surface area contributed by atoms with Gasteiger partial charge in [-0.05, 0) is 58.7 Å². The van der Waals surface area contributed by atoms with Gasteiger partial charge in [-0.2, -0.15) is 0 Å². The van der Waals surface area contributed by atoms with Gasteiger partial charge in [0.05, 0.1) is 11.4 Å². The van der Waals surface area contributed by atoms with E-state index in [1.54, 1.807) is 0 Å². The van der Waals surface area contributed by atoms with E-state index in [4.69, 9.17) is 11.6 Å². The lowest BCUT2D eigenvalue weighted by Gasteiger charge is -2.10. The SMILES string of the molecule is Cc1nc(Br)ccc1NCc1cc(Br)ccc1Cl. The minimum atomic E-state index is 0.669.